The minimum atomic E-state index is -4.51. The molecule has 0 aliphatic carbocycles. The number of aromatic nitrogens is 4. The third kappa shape index (κ3) is 4.79. The van der Waals surface area contributed by atoms with E-state index in [1.54, 1.807) is 31.7 Å². The summed E-state index contributed by atoms with van der Waals surface area (Å²) in [4.78, 5) is 16.0. The third-order valence-corrected chi connectivity index (χ3v) is 5.91. The molecular weight excluding hydrogens is 435 g/mol. The molecule has 0 saturated heterocycles. The molecule has 0 atom stereocenters. The lowest BCUT2D eigenvalue weighted by molar-refractivity contribution is -0.137. The van der Waals surface area contributed by atoms with Crippen molar-refractivity contribution < 1.29 is 26.4 Å². The Labute approximate surface area is 176 Å². The Morgan fingerprint density at radius 2 is 2.03 bits per heavy atom. The summed E-state index contributed by atoms with van der Waals surface area (Å²) in [7, 11) is -2.08. The lowest BCUT2D eigenvalue weighted by Crippen LogP contribution is -2.30. The van der Waals surface area contributed by atoms with E-state index < -0.39 is 27.7 Å². The van der Waals surface area contributed by atoms with Crippen LogP contribution >= 0.6 is 0 Å². The molecule has 0 aliphatic rings. The molecule has 166 valence electrons. The van der Waals surface area contributed by atoms with E-state index in [-0.39, 0.29) is 16.8 Å². The fourth-order valence-corrected chi connectivity index (χ4v) is 4.17. The second-order valence-corrected chi connectivity index (χ2v) is 8.73. The van der Waals surface area contributed by atoms with Crippen molar-refractivity contribution in [1.82, 2.24) is 24.1 Å². The van der Waals surface area contributed by atoms with Crippen molar-refractivity contribution in [2.75, 3.05) is 5.75 Å². The molecule has 31 heavy (non-hydrogen) atoms. The first kappa shape index (κ1) is 22.5. The van der Waals surface area contributed by atoms with Crippen molar-refractivity contribution in [2.24, 2.45) is 7.05 Å². The second kappa shape index (κ2) is 8.17. The van der Waals surface area contributed by atoms with Gasteiger partial charge in [0, 0.05) is 36.5 Å². The summed E-state index contributed by atoms with van der Waals surface area (Å²) in [5, 5.41) is 4.58. The molecule has 0 bridgehead atoms. The van der Waals surface area contributed by atoms with E-state index in [0.717, 1.165) is 18.3 Å². The Morgan fingerprint density at radius 3 is 2.68 bits per heavy atom. The maximum atomic E-state index is 13.0. The zero-order valence-electron chi connectivity index (χ0n) is 16.9. The SMILES string of the molecule is CCCS(=O)(=O)NC(=O)/C=C/c1c(C)nn(C)c1-n1ccc2cc(C(F)(F)F)cnc21. The topological polar surface area (TPSA) is 98.9 Å². The average Bonchev–Trinajstić information content (AvgIpc) is 3.17. The van der Waals surface area contributed by atoms with Crippen molar-refractivity contribution in [3.63, 3.8) is 0 Å². The van der Waals surface area contributed by atoms with Crippen LogP contribution in [-0.4, -0.2) is 39.4 Å². The number of hydrogen-bond acceptors (Lipinski definition) is 5. The molecule has 3 aromatic rings. The number of sulfonamides is 1. The van der Waals surface area contributed by atoms with Gasteiger partial charge in [0.05, 0.1) is 17.0 Å². The first-order valence-electron chi connectivity index (χ1n) is 9.23. The van der Waals surface area contributed by atoms with Crippen LogP contribution in [0.4, 0.5) is 13.2 Å². The second-order valence-electron chi connectivity index (χ2n) is 6.89. The van der Waals surface area contributed by atoms with Crippen LogP contribution in [0.3, 0.4) is 0 Å². The standard InChI is InChI=1S/C19H20F3N5O3S/c1-4-9-31(29,30)25-16(28)6-5-15-12(2)24-26(3)18(15)27-8-7-13-10-14(19(20,21)22)11-23-17(13)27/h5-8,10-11H,4,9H2,1-3H3,(H,25,28)/b6-5+. The maximum absolute atomic E-state index is 13.0. The Morgan fingerprint density at radius 1 is 1.32 bits per heavy atom. The number of carbonyl (C=O) groups is 1. The molecule has 0 unspecified atom stereocenters. The summed E-state index contributed by atoms with van der Waals surface area (Å²) in [5.41, 5.74) is 0.445. The van der Waals surface area contributed by atoms with Gasteiger partial charge in [-0.25, -0.2) is 18.1 Å². The number of halogens is 3. The molecule has 0 aromatic carbocycles. The maximum Gasteiger partial charge on any atom is 0.417 e. The Balaban J connectivity index is 2.00. The molecular formula is C19H20F3N5O3S. The lowest BCUT2D eigenvalue weighted by atomic mass is 10.2. The summed E-state index contributed by atoms with van der Waals surface area (Å²) in [5.74, 6) is -0.529. The van der Waals surface area contributed by atoms with Crippen LogP contribution in [0.1, 0.15) is 30.2 Å². The van der Waals surface area contributed by atoms with Crippen molar-refractivity contribution in [2.45, 2.75) is 26.4 Å². The van der Waals surface area contributed by atoms with Gasteiger partial charge in [0.15, 0.2) is 0 Å². The average molecular weight is 455 g/mol. The quantitative estimate of drug-likeness (QED) is 0.577. The number of nitrogens with zero attached hydrogens (tertiary/aromatic N) is 4. The van der Waals surface area contributed by atoms with E-state index >= 15 is 0 Å². The monoisotopic (exact) mass is 455 g/mol. The molecule has 3 heterocycles. The van der Waals surface area contributed by atoms with E-state index in [0.29, 0.717) is 23.5 Å². The van der Waals surface area contributed by atoms with E-state index in [1.807, 2.05) is 4.72 Å². The highest BCUT2D eigenvalue weighted by Crippen LogP contribution is 2.32. The first-order chi connectivity index (χ1) is 14.4. The molecule has 0 spiro atoms. The third-order valence-electron chi connectivity index (χ3n) is 4.45. The molecule has 12 heteroatoms. The van der Waals surface area contributed by atoms with Gasteiger partial charge in [-0.1, -0.05) is 6.92 Å². The Hall–Kier alpha value is -3.15. The number of carbonyl (C=O) groups excluding carboxylic acids is 1. The van der Waals surface area contributed by atoms with E-state index in [4.69, 9.17) is 0 Å². The minimum Gasteiger partial charge on any atom is -0.285 e. The van der Waals surface area contributed by atoms with Crippen LogP contribution < -0.4 is 4.72 Å². The summed E-state index contributed by atoms with van der Waals surface area (Å²) in [6.45, 7) is 3.37. The number of fused-ring (bicyclic) bond motifs is 1. The van der Waals surface area contributed by atoms with Crippen LogP contribution in [0, 0.1) is 6.92 Å². The fraction of sp³-hybridized carbons (Fsp3) is 0.316. The Kier molecular flexibility index (Phi) is 5.94. The van der Waals surface area contributed by atoms with E-state index in [9.17, 15) is 26.4 Å². The number of alkyl halides is 3. The van der Waals surface area contributed by atoms with E-state index in [1.165, 1.54) is 16.8 Å². The zero-order chi connectivity index (χ0) is 23.0. The minimum absolute atomic E-state index is 0.176. The van der Waals surface area contributed by atoms with Gasteiger partial charge in [-0.15, -0.1) is 0 Å². The number of nitrogens with one attached hydrogen (secondary N) is 1. The molecule has 0 radical (unpaired) electrons. The molecule has 0 aliphatic heterocycles. The first-order valence-corrected chi connectivity index (χ1v) is 10.9. The predicted octanol–water partition coefficient (Wildman–Crippen LogP) is 2.96. The smallest absolute Gasteiger partial charge is 0.285 e. The number of pyridine rings is 1. The fourth-order valence-electron chi connectivity index (χ4n) is 3.16. The van der Waals surface area contributed by atoms with Crippen molar-refractivity contribution in [1.29, 1.82) is 0 Å². The molecule has 3 rings (SSSR count). The van der Waals surface area contributed by atoms with Crippen molar-refractivity contribution in [3.8, 4) is 5.82 Å². The molecule has 1 N–H and O–H groups in total. The molecule has 0 fully saturated rings. The number of aryl methyl sites for hydroxylation is 2. The summed E-state index contributed by atoms with van der Waals surface area (Å²) < 4.78 is 67.4. The van der Waals surface area contributed by atoms with Crippen LogP contribution in [0.25, 0.3) is 22.9 Å². The van der Waals surface area contributed by atoms with Gasteiger partial charge in [0.2, 0.25) is 10.0 Å². The normalized spacial score (nSPS) is 12.7. The van der Waals surface area contributed by atoms with Gasteiger partial charge >= 0.3 is 6.18 Å². The van der Waals surface area contributed by atoms with Crippen LogP contribution in [-0.2, 0) is 28.0 Å². The molecule has 3 aromatic heterocycles. The van der Waals surface area contributed by atoms with Crippen LogP contribution in [0.5, 0.6) is 0 Å². The number of rotatable bonds is 6. The summed E-state index contributed by atoms with van der Waals surface area (Å²) in [6, 6.07) is 2.50. The van der Waals surface area contributed by atoms with Gasteiger partial charge in [0.1, 0.15) is 11.5 Å². The van der Waals surface area contributed by atoms with Crippen molar-refractivity contribution in [3.05, 3.63) is 47.4 Å². The van der Waals surface area contributed by atoms with Crippen LogP contribution in [0.2, 0.25) is 0 Å². The highest BCUT2D eigenvalue weighted by atomic mass is 32.2. The predicted molar refractivity (Wildman–Crippen MR) is 109 cm³/mol. The molecule has 1 amide bonds. The highest BCUT2D eigenvalue weighted by Gasteiger charge is 2.31. The molecule has 8 nitrogen and oxygen atoms in total. The largest absolute Gasteiger partial charge is 0.417 e. The van der Waals surface area contributed by atoms with Crippen LogP contribution in [0.15, 0.2) is 30.6 Å². The number of amides is 1. The molecule has 0 saturated carbocycles. The van der Waals surface area contributed by atoms with Gasteiger partial charge < -0.3 is 0 Å². The zero-order valence-corrected chi connectivity index (χ0v) is 17.8. The van der Waals surface area contributed by atoms with Crippen molar-refractivity contribution >= 4 is 33.0 Å². The van der Waals surface area contributed by atoms with Gasteiger partial charge in [-0.05, 0) is 31.6 Å². The lowest BCUT2D eigenvalue weighted by Gasteiger charge is -2.09. The summed E-state index contributed by atoms with van der Waals surface area (Å²) in [6.07, 6.45) is 0.640. The van der Waals surface area contributed by atoms with E-state index in [2.05, 4.69) is 10.1 Å². The summed E-state index contributed by atoms with van der Waals surface area (Å²) >= 11 is 0. The Bertz CT molecular complexity index is 1270. The van der Waals surface area contributed by atoms with Gasteiger partial charge in [0.25, 0.3) is 5.91 Å². The number of hydrogen-bond donors (Lipinski definition) is 1. The highest BCUT2D eigenvalue weighted by molar-refractivity contribution is 7.90. The van der Waals surface area contributed by atoms with Gasteiger partial charge in [-0.3, -0.25) is 14.0 Å². The van der Waals surface area contributed by atoms with Gasteiger partial charge in [-0.2, -0.15) is 18.3 Å².